The SMILES string of the molecule is CNC(=O)Nc1cc2n(n1)CCN2c1ccccn1. The smallest absolute Gasteiger partial charge is 0.320 e. The molecule has 0 saturated carbocycles. The lowest BCUT2D eigenvalue weighted by Crippen LogP contribution is -2.24. The van der Waals surface area contributed by atoms with Gasteiger partial charge in [-0.3, -0.25) is 5.32 Å². The van der Waals surface area contributed by atoms with E-state index in [-0.39, 0.29) is 6.03 Å². The van der Waals surface area contributed by atoms with Gasteiger partial charge in [0.25, 0.3) is 0 Å². The molecule has 19 heavy (non-hydrogen) atoms. The lowest BCUT2D eigenvalue weighted by molar-refractivity contribution is 0.254. The quantitative estimate of drug-likeness (QED) is 0.848. The van der Waals surface area contributed by atoms with Crippen molar-refractivity contribution < 1.29 is 4.79 Å². The van der Waals surface area contributed by atoms with Gasteiger partial charge in [0.15, 0.2) is 5.82 Å². The maximum atomic E-state index is 11.3. The van der Waals surface area contributed by atoms with E-state index in [0.29, 0.717) is 5.82 Å². The van der Waals surface area contributed by atoms with Crippen LogP contribution in [0.25, 0.3) is 0 Å². The van der Waals surface area contributed by atoms with Crippen molar-refractivity contribution >= 4 is 23.5 Å². The fourth-order valence-corrected chi connectivity index (χ4v) is 2.08. The highest BCUT2D eigenvalue weighted by Gasteiger charge is 2.23. The summed E-state index contributed by atoms with van der Waals surface area (Å²) in [6.07, 6.45) is 1.76. The van der Waals surface area contributed by atoms with E-state index in [1.54, 1.807) is 13.2 Å². The molecule has 7 heteroatoms. The van der Waals surface area contributed by atoms with Crippen LogP contribution in [0.1, 0.15) is 0 Å². The van der Waals surface area contributed by atoms with Crippen LogP contribution in [-0.2, 0) is 6.54 Å². The zero-order valence-corrected chi connectivity index (χ0v) is 10.5. The zero-order valence-electron chi connectivity index (χ0n) is 10.5. The summed E-state index contributed by atoms with van der Waals surface area (Å²) in [7, 11) is 1.57. The van der Waals surface area contributed by atoms with E-state index in [1.165, 1.54) is 0 Å². The summed E-state index contributed by atoms with van der Waals surface area (Å²) >= 11 is 0. The number of nitrogens with one attached hydrogen (secondary N) is 2. The van der Waals surface area contributed by atoms with Gasteiger partial charge in [0.1, 0.15) is 11.6 Å². The Balaban J connectivity index is 1.86. The molecule has 2 N–H and O–H groups in total. The Morgan fingerprint density at radius 2 is 2.26 bits per heavy atom. The van der Waals surface area contributed by atoms with Crippen molar-refractivity contribution in [3.63, 3.8) is 0 Å². The van der Waals surface area contributed by atoms with Gasteiger partial charge in [0, 0.05) is 25.9 Å². The Labute approximate surface area is 110 Å². The molecule has 0 radical (unpaired) electrons. The molecule has 0 bridgehead atoms. The second-order valence-electron chi connectivity index (χ2n) is 4.15. The summed E-state index contributed by atoms with van der Waals surface area (Å²) in [5.41, 5.74) is 0. The van der Waals surface area contributed by atoms with Crippen molar-refractivity contribution in [2.24, 2.45) is 0 Å². The molecule has 7 nitrogen and oxygen atoms in total. The third kappa shape index (κ3) is 2.10. The Morgan fingerprint density at radius 3 is 3.00 bits per heavy atom. The standard InChI is InChI=1S/C12H14N6O/c1-13-12(19)15-9-8-11-17(6-7-18(11)16-9)10-4-2-3-5-14-10/h2-5,8H,6-7H2,1H3,(H2,13,15,16,19). The molecule has 1 aliphatic rings. The van der Waals surface area contributed by atoms with Gasteiger partial charge >= 0.3 is 6.03 Å². The zero-order chi connectivity index (χ0) is 13.2. The normalized spacial score (nSPS) is 13.2. The molecule has 2 amide bonds. The highest BCUT2D eigenvalue weighted by molar-refractivity contribution is 5.88. The Morgan fingerprint density at radius 1 is 1.37 bits per heavy atom. The molecule has 0 spiro atoms. The maximum Gasteiger partial charge on any atom is 0.320 e. The molecule has 0 fully saturated rings. The summed E-state index contributed by atoms with van der Waals surface area (Å²) in [4.78, 5) is 17.7. The maximum absolute atomic E-state index is 11.3. The van der Waals surface area contributed by atoms with E-state index in [2.05, 4.69) is 25.6 Å². The first-order valence-corrected chi connectivity index (χ1v) is 6.03. The molecule has 0 aliphatic carbocycles. The van der Waals surface area contributed by atoms with Crippen molar-refractivity contribution in [2.75, 3.05) is 23.8 Å². The lowest BCUT2D eigenvalue weighted by atomic mass is 10.4. The van der Waals surface area contributed by atoms with E-state index in [0.717, 1.165) is 24.7 Å². The first kappa shape index (κ1) is 11.5. The first-order chi connectivity index (χ1) is 9.28. The molecule has 2 aromatic heterocycles. The number of urea groups is 1. The Bertz CT molecular complexity index is 594. The van der Waals surface area contributed by atoms with Gasteiger partial charge in [0.05, 0.1) is 6.54 Å². The van der Waals surface area contributed by atoms with Crippen molar-refractivity contribution in [1.82, 2.24) is 20.1 Å². The van der Waals surface area contributed by atoms with Crippen LogP contribution in [0.3, 0.4) is 0 Å². The van der Waals surface area contributed by atoms with Crippen LogP contribution in [-0.4, -0.2) is 34.4 Å². The van der Waals surface area contributed by atoms with Crippen LogP contribution >= 0.6 is 0 Å². The highest BCUT2D eigenvalue weighted by Crippen LogP contribution is 2.30. The molecule has 3 heterocycles. The number of anilines is 3. The van der Waals surface area contributed by atoms with Crippen molar-refractivity contribution in [1.29, 1.82) is 0 Å². The first-order valence-electron chi connectivity index (χ1n) is 6.03. The summed E-state index contributed by atoms with van der Waals surface area (Å²) in [6, 6.07) is 7.35. The molecule has 1 aliphatic heterocycles. The van der Waals surface area contributed by atoms with E-state index in [1.807, 2.05) is 28.9 Å². The van der Waals surface area contributed by atoms with Gasteiger partial charge in [-0.2, -0.15) is 5.10 Å². The molecule has 0 atom stereocenters. The minimum atomic E-state index is -0.277. The average molecular weight is 258 g/mol. The second-order valence-corrected chi connectivity index (χ2v) is 4.15. The number of amides is 2. The Hall–Kier alpha value is -2.57. The van der Waals surface area contributed by atoms with Crippen LogP contribution in [0.15, 0.2) is 30.5 Å². The highest BCUT2D eigenvalue weighted by atomic mass is 16.2. The van der Waals surface area contributed by atoms with Crippen molar-refractivity contribution in [2.45, 2.75) is 6.54 Å². The predicted octanol–water partition coefficient (Wildman–Crippen LogP) is 1.18. The summed E-state index contributed by atoms with van der Waals surface area (Å²) in [5, 5.41) is 9.49. The average Bonchev–Trinajstić information content (AvgIpc) is 2.99. The van der Waals surface area contributed by atoms with Crippen LogP contribution in [0.2, 0.25) is 0 Å². The number of hydrogen-bond donors (Lipinski definition) is 2. The molecule has 98 valence electrons. The predicted molar refractivity (Wildman–Crippen MR) is 71.5 cm³/mol. The van der Waals surface area contributed by atoms with E-state index in [9.17, 15) is 4.79 Å². The lowest BCUT2D eigenvalue weighted by Gasteiger charge is -2.14. The fourth-order valence-electron chi connectivity index (χ4n) is 2.08. The van der Waals surface area contributed by atoms with Crippen LogP contribution in [0, 0.1) is 0 Å². The number of hydrogen-bond acceptors (Lipinski definition) is 4. The number of carbonyl (C=O) groups is 1. The third-order valence-electron chi connectivity index (χ3n) is 2.97. The Kier molecular flexibility index (Phi) is 2.79. The minimum absolute atomic E-state index is 0.277. The summed E-state index contributed by atoms with van der Waals surface area (Å²) in [5.74, 6) is 2.35. The van der Waals surface area contributed by atoms with Crippen molar-refractivity contribution in [3.8, 4) is 0 Å². The van der Waals surface area contributed by atoms with Gasteiger partial charge in [0.2, 0.25) is 0 Å². The van der Waals surface area contributed by atoms with Crippen molar-refractivity contribution in [3.05, 3.63) is 30.5 Å². The van der Waals surface area contributed by atoms with Crippen LogP contribution in [0.5, 0.6) is 0 Å². The number of fused-ring (bicyclic) bond motifs is 1. The van der Waals surface area contributed by atoms with Crippen LogP contribution < -0.4 is 15.5 Å². The number of pyridine rings is 1. The topological polar surface area (TPSA) is 75.1 Å². The molecular formula is C12H14N6O. The summed E-state index contributed by atoms with van der Waals surface area (Å²) in [6.45, 7) is 1.61. The number of carbonyl (C=O) groups excluding carboxylic acids is 1. The number of rotatable bonds is 2. The van der Waals surface area contributed by atoms with Crippen LogP contribution in [0.4, 0.5) is 22.2 Å². The number of nitrogens with zero attached hydrogens (tertiary/aromatic N) is 4. The monoisotopic (exact) mass is 258 g/mol. The molecule has 0 unspecified atom stereocenters. The number of aromatic nitrogens is 3. The fraction of sp³-hybridized carbons (Fsp3) is 0.250. The van der Waals surface area contributed by atoms with Gasteiger partial charge in [-0.1, -0.05) is 6.07 Å². The minimum Gasteiger partial charge on any atom is -0.341 e. The van der Waals surface area contributed by atoms with Gasteiger partial charge in [-0.25, -0.2) is 14.5 Å². The molecule has 0 saturated heterocycles. The molecule has 2 aromatic rings. The van der Waals surface area contributed by atoms with E-state index in [4.69, 9.17) is 0 Å². The van der Waals surface area contributed by atoms with Gasteiger partial charge in [-0.05, 0) is 12.1 Å². The molecule has 0 aromatic carbocycles. The van der Waals surface area contributed by atoms with E-state index >= 15 is 0 Å². The molecular weight excluding hydrogens is 244 g/mol. The van der Waals surface area contributed by atoms with E-state index < -0.39 is 0 Å². The molecule has 3 rings (SSSR count). The van der Waals surface area contributed by atoms with Gasteiger partial charge in [-0.15, -0.1) is 0 Å². The van der Waals surface area contributed by atoms with Gasteiger partial charge < -0.3 is 10.2 Å². The third-order valence-corrected chi connectivity index (χ3v) is 2.97. The second kappa shape index (κ2) is 4.60. The largest absolute Gasteiger partial charge is 0.341 e. The summed E-state index contributed by atoms with van der Waals surface area (Å²) < 4.78 is 1.86.